The number of hydrogen-bond acceptors (Lipinski definition) is 3. The van der Waals surface area contributed by atoms with E-state index in [-0.39, 0.29) is 25.4 Å². The number of benzene rings is 1. The third kappa shape index (κ3) is 6.48. The van der Waals surface area contributed by atoms with Crippen LogP contribution in [0.2, 0.25) is 0 Å². The van der Waals surface area contributed by atoms with Gasteiger partial charge in [0.25, 0.3) is 0 Å². The molecule has 0 aliphatic heterocycles. The second kappa shape index (κ2) is 8.64. The lowest BCUT2D eigenvalue weighted by molar-refractivity contribution is -0.144. The first-order valence-electron chi connectivity index (χ1n) is 6.65. The van der Waals surface area contributed by atoms with Gasteiger partial charge in [-0.05, 0) is 31.0 Å². The molecular formula is C16H19NO4. The molecule has 112 valence electrons. The minimum Gasteiger partial charge on any atom is -0.494 e. The lowest BCUT2D eigenvalue weighted by Crippen LogP contribution is -2.36. The first kappa shape index (κ1) is 16.6. The third-order valence-electron chi connectivity index (χ3n) is 2.75. The summed E-state index contributed by atoms with van der Waals surface area (Å²) in [4.78, 5) is 23.6. The van der Waals surface area contributed by atoms with E-state index < -0.39 is 5.97 Å². The molecule has 0 saturated carbocycles. The Morgan fingerprint density at radius 1 is 1.43 bits per heavy atom. The van der Waals surface area contributed by atoms with Crippen LogP contribution in [0.25, 0.3) is 0 Å². The molecule has 0 spiro atoms. The normalized spacial score (nSPS) is 9.71. The molecule has 5 nitrogen and oxygen atoms in total. The molecule has 0 aliphatic rings. The fraction of sp³-hybridized carbons (Fsp3) is 0.375. The monoisotopic (exact) mass is 289 g/mol. The van der Waals surface area contributed by atoms with Gasteiger partial charge in [-0.2, -0.15) is 0 Å². The highest BCUT2D eigenvalue weighted by molar-refractivity contribution is 5.81. The van der Waals surface area contributed by atoms with Crippen molar-refractivity contribution in [2.45, 2.75) is 19.8 Å². The van der Waals surface area contributed by atoms with Crippen molar-refractivity contribution in [1.29, 1.82) is 0 Å². The van der Waals surface area contributed by atoms with Crippen molar-refractivity contribution in [3.8, 4) is 18.1 Å². The quantitative estimate of drug-likeness (QED) is 0.584. The van der Waals surface area contributed by atoms with Gasteiger partial charge in [-0.15, -0.1) is 6.42 Å². The average Bonchev–Trinajstić information content (AvgIpc) is 2.42. The van der Waals surface area contributed by atoms with Crippen LogP contribution in [0.1, 0.15) is 18.4 Å². The highest BCUT2D eigenvalue weighted by Gasteiger charge is 2.15. The molecular weight excluding hydrogens is 270 g/mol. The summed E-state index contributed by atoms with van der Waals surface area (Å²) < 4.78 is 5.53. The first-order chi connectivity index (χ1) is 10.0. The average molecular weight is 289 g/mol. The van der Waals surface area contributed by atoms with Gasteiger partial charge in [0.2, 0.25) is 5.91 Å². The van der Waals surface area contributed by atoms with Crippen LogP contribution >= 0.6 is 0 Å². The molecule has 1 N–H and O–H groups in total. The second-order valence-electron chi connectivity index (χ2n) is 4.62. The summed E-state index contributed by atoms with van der Waals surface area (Å²) in [6, 6.07) is 7.64. The Labute approximate surface area is 124 Å². The number of carboxylic acids is 1. The number of aliphatic carboxylic acids is 1. The summed E-state index contributed by atoms with van der Waals surface area (Å²) in [7, 11) is 0. The van der Waals surface area contributed by atoms with Crippen LogP contribution in [-0.2, 0) is 9.59 Å². The number of hydrogen-bond donors (Lipinski definition) is 1. The second-order valence-corrected chi connectivity index (χ2v) is 4.62. The van der Waals surface area contributed by atoms with Crippen molar-refractivity contribution in [3.63, 3.8) is 0 Å². The first-order valence-corrected chi connectivity index (χ1v) is 6.65. The van der Waals surface area contributed by atoms with Crippen molar-refractivity contribution in [1.82, 2.24) is 4.90 Å². The van der Waals surface area contributed by atoms with E-state index in [0.29, 0.717) is 13.0 Å². The lowest BCUT2D eigenvalue weighted by atomic mass is 10.2. The van der Waals surface area contributed by atoms with Gasteiger partial charge in [0.1, 0.15) is 12.3 Å². The Balaban J connectivity index is 2.35. The Kier molecular flexibility index (Phi) is 6.82. The lowest BCUT2D eigenvalue weighted by Gasteiger charge is -2.17. The van der Waals surface area contributed by atoms with Crippen LogP contribution in [0.3, 0.4) is 0 Å². The van der Waals surface area contributed by atoms with Crippen molar-refractivity contribution in [3.05, 3.63) is 29.8 Å². The number of carbonyl (C=O) groups excluding carboxylic acids is 1. The zero-order valence-corrected chi connectivity index (χ0v) is 12.0. The summed E-state index contributed by atoms with van der Waals surface area (Å²) in [5.74, 6) is 1.70. The number of ether oxygens (including phenoxy) is 1. The molecule has 1 amide bonds. The van der Waals surface area contributed by atoms with Crippen LogP contribution in [0.5, 0.6) is 5.75 Å². The van der Waals surface area contributed by atoms with E-state index >= 15 is 0 Å². The zero-order chi connectivity index (χ0) is 15.7. The third-order valence-corrected chi connectivity index (χ3v) is 2.75. The SMILES string of the molecule is C#CCN(CC(=O)O)C(=O)CCCOc1cccc(C)c1. The Hall–Kier alpha value is -2.48. The summed E-state index contributed by atoms with van der Waals surface area (Å²) in [6.45, 7) is 2.00. The Morgan fingerprint density at radius 3 is 2.81 bits per heavy atom. The number of terminal acetylenes is 1. The van der Waals surface area contributed by atoms with Gasteiger partial charge in [-0.25, -0.2) is 0 Å². The molecule has 0 bridgehead atoms. The predicted molar refractivity (Wildman–Crippen MR) is 79.0 cm³/mol. The Bertz CT molecular complexity index is 533. The summed E-state index contributed by atoms with van der Waals surface area (Å²) >= 11 is 0. The van der Waals surface area contributed by atoms with E-state index in [2.05, 4.69) is 5.92 Å². The number of carbonyl (C=O) groups is 2. The smallest absolute Gasteiger partial charge is 0.323 e. The van der Waals surface area contributed by atoms with Gasteiger partial charge in [0.05, 0.1) is 13.2 Å². The molecule has 0 fully saturated rings. The predicted octanol–water partition coefficient (Wildman–Crippen LogP) is 1.70. The van der Waals surface area contributed by atoms with Gasteiger partial charge < -0.3 is 14.7 Å². The fourth-order valence-electron chi connectivity index (χ4n) is 1.78. The van der Waals surface area contributed by atoms with E-state index in [1.807, 2.05) is 31.2 Å². The standard InChI is InChI=1S/C16H19NO4/c1-3-9-17(12-16(19)20)15(18)8-5-10-21-14-7-4-6-13(2)11-14/h1,4,6-7,11H,5,8-10,12H2,2H3,(H,19,20). The zero-order valence-electron chi connectivity index (χ0n) is 12.0. The highest BCUT2D eigenvalue weighted by atomic mass is 16.5. The maximum atomic E-state index is 11.8. The maximum Gasteiger partial charge on any atom is 0.323 e. The van der Waals surface area contributed by atoms with Crippen LogP contribution in [0.4, 0.5) is 0 Å². The molecule has 0 saturated heterocycles. The summed E-state index contributed by atoms with van der Waals surface area (Å²) in [6.07, 6.45) is 5.84. The van der Waals surface area contributed by atoms with Crippen LogP contribution in [0, 0.1) is 19.3 Å². The number of aryl methyl sites for hydroxylation is 1. The fourth-order valence-corrected chi connectivity index (χ4v) is 1.78. The molecule has 0 aromatic heterocycles. The largest absolute Gasteiger partial charge is 0.494 e. The van der Waals surface area contributed by atoms with Crippen LogP contribution < -0.4 is 4.74 Å². The molecule has 0 heterocycles. The van der Waals surface area contributed by atoms with Crippen molar-refractivity contribution in [2.24, 2.45) is 0 Å². The highest BCUT2D eigenvalue weighted by Crippen LogP contribution is 2.12. The van der Waals surface area contributed by atoms with Gasteiger partial charge in [-0.3, -0.25) is 9.59 Å². The van der Waals surface area contributed by atoms with Gasteiger partial charge in [-0.1, -0.05) is 18.1 Å². The van der Waals surface area contributed by atoms with Crippen molar-refractivity contribution >= 4 is 11.9 Å². The molecule has 1 rings (SSSR count). The van der Waals surface area contributed by atoms with Gasteiger partial charge in [0, 0.05) is 6.42 Å². The molecule has 1 aromatic carbocycles. The van der Waals surface area contributed by atoms with Crippen molar-refractivity contribution < 1.29 is 19.4 Å². The number of carboxylic acid groups (broad SMARTS) is 1. The molecule has 0 unspecified atom stereocenters. The summed E-state index contributed by atoms with van der Waals surface area (Å²) in [5.41, 5.74) is 1.10. The van der Waals surface area contributed by atoms with E-state index in [1.165, 1.54) is 0 Å². The topological polar surface area (TPSA) is 66.8 Å². The van der Waals surface area contributed by atoms with Crippen molar-refractivity contribution in [2.75, 3.05) is 19.7 Å². The number of rotatable bonds is 8. The van der Waals surface area contributed by atoms with E-state index in [1.54, 1.807) is 0 Å². The van der Waals surface area contributed by atoms with E-state index in [9.17, 15) is 9.59 Å². The van der Waals surface area contributed by atoms with Crippen LogP contribution in [0.15, 0.2) is 24.3 Å². The number of amides is 1. The van der Waals surface area contributed by atoms with Crippen LogP contribution in [-0.4, -0.2) is 41.6 Å². The molecule has 0 atom stereocenters. The van der Waals surface area contributed by atoms with E-state index in [0.717, 1.165) is 16.2 Å². The maximum absolute atomic E-state index is 11.8. The molecule has 1 aromatic rings. The summed E-state index contributed by atoms with van der Waals surface area (Å²) in [5, 5.41) is 8.72. The van der Waals surface area contributed by atoms with Gasteiger partial charge >= 0.3 is 5.97 Å². The number of nitrogens with zero attached hydrogens (tertiary/aromatic N) is 1. The molecule has 5 heteroatoms. The minimum atomic E-state index is -1.07. The molecule has 0 radical (unpaired) electrons. The molecule has 21 heavy (non-hydrogen) atoms. The minimum absolute atomic E-state index is 0.00384. The van der Waals surface area contributed by atoms with Gasteiger partial charge in [0.15, 0.2) is 0 Å². The Morgan fingerprint density at radius 2 is 2.19 bits per heavy atom. The molecule has 0 aliphatic carbocycles. The van der Waals surface area contributed by atoms with E-state index in [4.69, 9.17) is 16.3 Å².